The lowest BCUT2D eigenvalue weighted by Gasteiger charge is -2.44. The maximum Gasteiger partial charge on any atom is 0.258 e. The van der Waals surface area contributed by atoms with Crippen molar-refractivity contribution in [2.24, 2.45) is 5.73 Å². The minimum Gasteiger partial charge on any atom is -0.370 e. The molecular weight excluding hydrogens is 209 g/mol. The molecule has 0 aliphatic rings. The van der Waals surface area contributed by atoms with Crippen molar-refractivity contribution >= 4 is 14.3 Å². The van der Waals surface area contributed by atoms with E-state index in [1.54, 1.807) is 0 Å². The number of carbonyl (C=O) groups is 1. The largest absolute Gasteiger partial charge is 0.370 e. The van der Waals surface area contributed by atoms with Crippen LogP contribution in [0.3, 0.4) is 0 Å². The first-order chi connectivity index (χ1) is 6.42. The molecule has 0 aromatic carbocycles. The molecule has 4 heteroatoms. The summed E-state index contributed by atoms with van der Waals surface area (Å²) in [6.07, 6.45) is 0.164. The molecule has 0 aromatic rings. The van der Waals surface area contributed by atoms with E-state index in [0.717, 1.165) is 0 Å². The molecule has 0 atom stereocenters. The van der Waals surface area contributed by atoms with Gasteiger partial charge in [0.05, 0.1) is 0 Å². The van der Waals surface area contributed by atoms with E-state index in [4.69, 9.17) is 5.73 Å². The van der Waals surface area contributed by atoms with Gasteiger partial charge in [0.1, 0.15) is 0 Å². The Labute approximate surface area is 93.6 Å². The van der Waals surface area contributed by atoms with Crippen LogP contribution < -0.4 is 5.73 Å². The van der Waals surface area contributed by atoms with Crippen LogP contribution in [-0.4, -0.2) is 14.3 Å². The van der Waals surface area contributed by atoms with Gasteiger partial charge in [-0.3, -0.25) is 4.79 Å². The Morgan fingerprint density at radius 2 is 1.47 bits per heavy atom. The molecule has 2 N–H and O–H groups in total. The van der Waals surface area contributed by atoms with Crippen molar-refractivity contribution in [3.63, 3.8) is 0 Å². The molecule has 0 rings (SSSR count). The lowest BCUT2D eigenvalue weighted by Crippen LogP contribution is -2.48. The Balaban J connectivity index is 4.98. The molecule has 1 amide bonds. The van der Waals surface area contributed by atoms with Gasteiger partial charge in [-0.1, -0.05) is 41.5 Å². The Morgan fingerprint density at radius 1 is 1.13 bits per heavy atom. The van der Waals surface area contributed by atoms with E-state index in [9.17, 15) is 4.79 Å². The monoisotopic (exact) mass is 233 g/mol. The van der Waals surface area contributed by atoms with Gasteiger partial charge >= 0.3 is 0 Å². The summed E-state index contributed by atoms with van der Waals surface area (Å²) >= 11 is 0. The van der Waals surface area contributed by atoms with Gasteiger partial charge in [-0.05, 0) is 16.1 Å². The molecule has 2 nitrogen and oxygen atoms in total. The van der Waals surface area contributed by atoms with Crippen LogP contribution in [0.5, 0.6) is 0 Å². The van der Waals surface area contributed by atoms with Gasteiger partial charge in [-0.25, -0.2) is 0 Å². The second-order valence-electron chi connectivity index (χ2n) is 6.27. The van der Waals surface area contributed by atoms with E-state index < -0.39 is 14.3 Å². The summed E-state index contributed by atoms with van der Waals surface area (Å²) in [5.41, 5.74) is 5.10. The summed E-state index contributed by atoms with van der Waals surface area (Å²) in [4.78, 5) is 10.8. The zero-order valence-corrected chi connectivity index (χ0v) is 11.8. The fourth-order valence-corrected chi connectivity index (χ4v) is 6.51. The molecular formula is C11H24FNOSi. The van der Waals surface area contributed by atoms with Crippen molar-refractivity contribution in [3.05, 3.63) is 0 Å². The number of rotatable bonds is 3. The number of primary amides is 1. The number of hydrogen-bond donors (Lipinski definition) is 1. The van der Waals surface area contributed by atoms with Crippen LogP contribution in [0, 0.1) is 0 Å². The molecule has 0 saturated carbocycles. The summed E-state index contributed by atoms with van der Waals surface area (Å²) in [6, 6.07) is 0.329. The summed E-state index contributed by atoms with van der Waals surface area (Å²) in [5, 5.41) is -0.721. The van der Waals surface area contributed by atoms with Crippen molar-refractivity contribution in [2.75, 3.05) is 0 Å². The van der Waals surface area contributed by atoms with Crippen LogP contribution in [0.15, 0.2) is 0 Å². The molecule has 0 heterocycles. The maximum atomic E-state index is 15.1. The normalized spacial score (nSPS) is 14.1. The Morgan fingerprint density at radius 3 is 1.67 bits per heavy atom. The van der Waals surface area contributed by atoms with Crippen molar-refractivity contribution in [3.8, 4) is 0 Å². The molecule has 90 valence electrons. The average molecular weight is 233 g/mol. The highest BCUT2D eigenvalue weighted by Gasteiger charge is 2.54. The predicted molar refractivity (Wildman–Crippen MR) is 64.9 cm³/mol. The van der Waals surface area contributed by atoms with E-state index in [2.05, 4.69) is 0 Å². The summed E-state index contributed by atoms with van der Waals surface area (Å²) in [5.74, 6) is -0.405. The van der Waals surface area contributed by atoms with Crippen LogP contribution in [0.2, 0.25) is 16.1 Å². The fourth-order valence-electron chi connectivity index (χ4n) is 2.17. The molecule has 0 aromatic heterocycles. The van der Waals surface area contributed by atoms with Crippen LogP contribution in [-0.2, 0) is 4.79 Å². The molecule has 0 saturated heterocycles. The molecule has 0 aliphatic carbocycles. The van der Waals surface area contributed by atoms with E-state index in [1.165, 1.54) is 0 Å². The number of halogens is 1. The third-order valence-corrected chi connectivity index (χ3v) is 8.79. The highest BCUT2D eigenvalue weighted by molar-refractivity contribution is 6.79. The maximum absolute atomic E-state index is 15.1. The molecule has 0 aliphatic heterocycles. The molecule has 0 unspecified atom stereocenters. The van der Waals surface area contributed by atoms with Gasteiger partial charge < -0.3 is 9.84 Å². The highest BCUT2D eigenvalue weighted by atomic mass is 28.4. The summed E-state index contributed by atoms with van der Waals surface area (Å²) in [6.45, 7) is 11.5. The van der Waals surface area contributed by atoms with Gasteiger partial charge in [-0.15, -0.1) is 0 Å². The van der Waals surface area contributed by atoms with Crippen LogP contribution in [0.4, 0.5) is 4.11 Å². The van der Waals surface area contributed by atoms with Crippen molar-refractivity contribution in [2.45, 2.75) is 64.1 Å². The van der Waals surface area contributed by atoms with Gasteiger partial charge in [0, 0.05) is 6.42 Å². The van der Waals surface area contributed by atoms with Crippen LogP contribution in [0.25, 0.3) is 0 Å². The van der Waals surface area contributed by atoms with Crippen LogP contribution >= 0.6 is 0 Å². The number of nitrogens with two attached hydrogens (primary N) is 1. The Bertz CT molecular complexity index is 226. The standard InChI is InChI=1S/C11H24FNOSi/c1-10(2,3)15(12,11(4,5)6)8-7-9(13)14/h7-8H2,1-6H3,(H2,13,14). The SMILES string of the molecule is CC(C)(C)[Si](F)(CCC(N)=O)C(C)(C)C. The molecule has 0 radical (unpaired) electrons. The fraction of sp³-hybridized carbons (Fsp3) is 0.909. The van der Waals surface area contributed by atoms with Crippen molar-refractivity contribution < 1.29 is 8.90 Å². The second-order valence-corrected chi connectivity index (χ2v) is 11.4. The summed E-state index contributed by atoms with van der Waals surface area (Å²) < 4.78 is 15.1. The second kappa shape index (κ2) is 4.24. The number of carbonyl (C=O) groups excluding carboxylic acids is 1. The molecule has 0 bridgehead atoms. The minimum atomic E-state index is -3.02. The first-order valence-corrected chi connectivity index (χ1v) is 7.47. The summed E-state index contributed by atoms with van der Waals surface area (Å²) in [7, 11) is -3.02. The first kappa shape index (κ1) is 14.6. The van der Waals surface area contributed by atoms with Crippen molar-refractivity contribution in [1.29, 1.82) is 0 Å². The number of amides is 1. The lowest BCUT2D eigenvalue weighted by atomic mass is 10.2. The molecule has 15 heavy (non-hydrogen) atoms. The number of hydrogen-bond acceptors (Lipinski definition) is 1. The van der Waals surface area contributed by atoms with Gasteiger partial charge in [-0.2, -0.15) is 0 Å². The zero-order chi connectivity index (χ0) is 12.5. The van der Waals surface area contributed by atoms with E-state index in [1.807, 2.05) is 41.5 Å². The Hall–Kier alpha value is -0.383. The van der Waals surface area contributed by atoms with Gasteiger partial charge in [0.25, 0.3) is 8.41 Å². The first-order valence-electron chi connectivity index (χ1n) is 5.39. The average Bonchev–Trinajstić information content (AvgIpc) is 1.95. The Kier molecular flexibility index (Phi) is 4.13. The third kappa shape index (κ3) is 3.29. The molecule has 0 spiro atoms. The smallest absolute Gasteiger partial charge is 0.258 e. The third-order valence-electron chi connectivity index (χ3n) is 3.09. The van der Waals surface area contributed by atoms with Crippen molar-refractivity contribution in [1.82, 2.24) is 0 Å². The topological polar surface area (TPSA) is 43.1 Å². The minimum absolute atomic E-state index is 0.164. The van der Waals surface area contributed by atoms with E-state index in [0.29, 0.717) is 6.04 Å². The highest BCUT2D eigenvalue weighted by Crippen LogP contribution is 2.54. The quantitative estimate of drug-likeness (QED) is 0.589. The molecule has 0 fully saturated rings. The lowest BCUT2D eigenvalue weighted by molar-refractivity contribution is -0.117. The zero-order valence-electron chi connectivity index (χ0n) is 10.8. The predicted octanol–water partition coefficient (Wildman–Crippen LogP) is 3.38. The van der Waals surface area contributed by atoms with Gasteiger partial charge in [0.15, 0.2) is 0 Å². The van der Waals surface area contributed by atoms with Gasteiger partial charge in [0.2, 0.25) is 5.91 Å². The van der Waals surface area contributed by atoms with E-state index in [-0.39, 0.29) is 16.5 Å². The van der Waals surface area contributed by atoms with Crippen LogP contribution in [0.1, 0.15) is 48.0 Å². The van der Waals surface area contributed by atoms with E-state index >= 15 is 4.11 Å².